The van der Waals surface area contributed by atoms with Gasteiger partial charge in [0.25, 0.3) is 5.91 Å². The first-order valence-corrected chi connectivity index (χ1v) is 10.6. The van der Waals surface area contributed by atoms with E-state index in [1.165, 1.54) is 0 Å². The maximum absolute atomic E-state index is 12.8. The van der Waals surface area contributed by atoms with Gasteiger partial charge in [0.1, 0.15) is 18.1 Å². The second-order valence-electron chi connectivity index (χ2n) is 7.80. The van der Waals surface area contributed by atoms with Gasteiger partial charge in [-0.05, 0) is 49.7 Å². The standard InChI is InChI=1S/C26H26N2O4/c1-18-8-11-22(12-9-18)31-15-14-28-23-17-21(10-13-24(23)32-19(2)26(28)30)27-25(29)16-20-6-4-3-5-7-20/h3-13,17,19H,14-16H2,1-2H3,(H,27,29). The van der Waals surface area contributed by atoms with Crippen LogP contribution in [0.2, 0.25) is 0 Å². The number of carbonyl (C=O) groups excluding carboxylic acids is 2. The summed E-state index contributed by atoms with van der Waals surface area (Å²) >= 11 is 0. The molecule has 4 rings (SSSR count). The molecule has 0 fully saturated rings. The summed E-state index contributed by atoms with van der Waals surface area (Å²) in [6, 6.07) is 22.7. The highest BCUT2D eigenvalue weighted by Crippen LogP contribution is 2.36. The maximum atomic E-state index is 12.8. The number of nitrogens with one attached hydrogen (secondary N) is 1. The highest BCUT2D eigenvalue weighted by atomic mass is 16.5. The number of amides is 2. The average Bonchev–Trinajstić information content (AvgIpc) is 2.78. The van der Waals surface area contributed by atoms with Crippen molar-refractivity contribution in [2.45, 2.75) is 26.4 Å². The van der Waals surface area contributed by atoms with Crippen molar-refractivity contribution < 1.29 is 19.1 Å². The first-order valence-electron chi connectivity index (χ1n) is 10.6. The van der Waals surface area contributed by atoms with Crippen LogP contribution in [0.3, 0.4) is 0 Å². The van der Waals surface area contributed by atoms with Crippen LogP contribution >= 0.6 is 0 Å². The summed E-state index contributed by atoms with van der Waals surface area (Å²) in [7, 11) is 0. The summed E-state index contributed by atoms with van der Waals surface area (Å²) in [5.41, 5.74) is 3.33. The van der Waals surface area contributed by atoms with Crippen LogP contribution in [-0.4, -0.2) is 31.1 Å². The molecule has 0 aromatic heterocycles. The molecular weight excluding hydrogens is 404 g/mol. The number of hydrogen-bond acceptors (Lipinski definition) is 4. The summed E-state index contributed by atoms with van der Waals surface area (Å²) in [5.74, 6) is 1.10. The van der Waals surface area contributed by atoms with Crippen molar-refractivity contribution in [3.05, 3.63) is 83.9 Å². The van der Waals surface area contributed by atoms with Crippen LogP contribution in [0, 0.1) is 6.92 Å². The SMILES string of the molecule is Cc1ccc(OCCN2C(=O)C(C)Oc3ccc(NC(=O)Cc4ccccc4)cc32)cc1. The first-order chi connectivity index (χ1) is 15.5. The number of ether oxygens (including phenoxy) is 2. The Morgan fingerprint density at radius 1 is 1.06 bits per heavy atom. The van der Waals surface area contributed by atoms with Crippen LogP contribution in [0.5, 0.6) is 11.5 Å². The van der Waals surface area contributed by atoms with Crippen molar-refractivity contribution in [1.29, 1.82) is 0 Å². The number of aryl methyl sites for hydroxylation is 1. The molecule has 0 radical (unpaired) electrons. The fraction of sp³-hybridized carbons (Fsp3) is 0.231. The third kappa shape index (κ3) is 5.09. The highest BCUT2D eigenvalue weighted by Gasteiger charge is 2.31. The number of benzene rings is 3. The number of carbonyl (C=O) groups is 2. The largest absolute Gasteiger partial charge is 0.492 e. The number of rotatable bonds is 7. The third-order valence-corrected chi connectivity index (χ3v) is 5.26. The third-order valence-electron chi connectivity index (χ3n) is 5.26. The van der Waals surface area contributed by atoms with E-state index < -0.39 is 6.10 Å². The Morgan fingerprint density at radius 2 is 1.81 bits per heavy atom. The smallest absolute Gasteiger partial charge is 0.267 e. The normalized spacial score (nSPS) is 15.0. The molecule has 3 aromatic carbocycles. The molecule has 1 heterocycles. The Kier molecular flexibility index (Phi) is 6.40. The van der Waals surface area contributed by atoms with Crippen LogP contribution in [0.25, 0.3) is 0 Å². The van der Waals surface area contributed by atoms with E-state index in [0.717, 1.165) is 16.9 Å². The number of hydrogen-bond donors (Lipinski definition) is 1. The predicted octanol–water partition coefficient (Wildman–Crippen LogP) is 4.37. The van der Waals surface area contributed by atoms with Gasteiger partial charge < -0.3 is 19.7 Å². The molecule has 1 aliphatic rings. The van der Waals surface area contributed by atoms with Gasteiger partial charge in [0.2, 0.25) is 5.91 Å². The van der Waals surface area contributed by atoms with Crippen LogP contribution in [0.1, 0.15) is 18.1 Å². The second-order valence-corrected chi connectivity index (χ2v) is 7.80. The number of anilines is 2. The molecule has 2 amide bonds. The quantitative estimate of drug-likeness (QED) is 0.604. The fourth-order valence-corrected chi connectivity index (χ4v) is 3.59. The molecule has 1 aliphatic heterocycles. The predicted molar refractivity (Wildman–Crippen MR) is 124 cm³/mol. The molecule has 164 valence electrons. The van der Waals surface area contributed by atoms with Gasteiger partial charge in [0, 0.05) is 5.69 Å². The fourth-order valence-electron chi connectivity index (χ4n) is 3.59. The van der Waals surface area contributed by atoms with Crippen LogP contribution in [0.15, 0.2) is 72.8 Å². The Bertz CT molecular complexity index is 1100. The minimum Gasteiger partial charge on any atom is -0.492 e. The summed E-state index contributed by atoms with van der Waals surface area (Å²) in [6.07, 6.45) is -0.307. The Labute approximate surface area is 187 Å². The molecular formula is C26H26N2O4. The lowest BCUT2D eigenvalue weighted by molar-refractivity contribution is -0.125. The number of nitrogens with zero attached hydrogens (tertiary/aromatic N) is 1. The van der Waals surface area contributed by atoms with Crippen molar-refractivity contribution in [3.8, 4) is 11.5 Å². The van der Waals surface area contributed by atoms with E-state index in [2.05, 4.69) is 5.32 Å². The van der Waals surface area contributed by atoms with E-state index >= 15 is 0 Å². The van der Waals surface area contributed by atoms with Gasteiger partial charge in [-0.2, -0.15) is 0 Å². The Morgan fingerprint density at radius 3 is 2.56 bits per heavy atom. The molecule has 0 spiro atoms. The lowest BCUT2D eigenvalue weighted by atomic mass is 10.1. The zero-order chi connectivity index (χ0) is 22.5. The molecule has 32 heavy (non-hydrogen) atoms. The lowest BCUT2D eigenvalue weighted by Crippen LogP contribution is -2.46. The van der Waals surface area contributed by atoms with Crippen molar-refractivity contribution in [2.75, 3.05) is 23.4 Å². The summed E-state index contributed by atoms with van der Waals surface area (Å²) < 4.78 is 11.6. The van der Waals surface area contributed by atoms with Crippen LogP contribution < -0.4 is 19.7 Å². The molecule has 6 heteroatoms. The minimum atomic E-state index is -0.583. The molecule has 0 saturated carbocycles. The molecule has 0 bridgehead atoms. The van der Waals surface area contributed by atoms with Crippen LogP contribution in [0.4, 0.5) is 11.4 Å². The van der Waals surface area contributed by atoms with Crippen molar-refractivity contribution in [2.24, 2.45) is 0 Å². The van der Waals surface area contributed by atoms with E-state index in [1.807, 2.05) is 61.5 Å². The Balaban J connectivity index is 1.46. The van der Waals surface area contributed by atoms with Gasteiger partial charge in [0.15, 0.2) is 6.10 Å². The van der Waals surface area contributed by atoms with Gasteiger partial charge in [-0.1, -0.05) is 48.0 Å². The van der Waals surface area contributed by atoms with E-state index in [0.29, 0.717) is 30.3 Å². The van der Waals surface area contributed by atoms with E-state index in [9.17, 15) is 9.59 Å². The minimum absolute atomic E-state index is 0.123. The maximum Gasteiger partial charge on any atom is 0.267 e. The van der Waals surface area contributed by atoms with Gasteiger partial charge in [-0.3, -0.25) is 9.59 Å². The van der Waals surface area contributed by atoms with Gasteiger partial charge in [0.05, 0.1) is 18.7 Å². The van der Waals surface area contributed by atoms with Gasteiger partial charge >= 0.3 is 0 Å². The lowest BCUT2D eigenvalue weighted by Gasteiger charge is -2.33. The zero-order valence-electron chi connectivity index (χ0n) is 18.2. The number of fused-ring (bicyclic) bond motifs is 1. The topological polar surface area (TPSA) is 67.9 Å². The molecule has 1 atom stereocenters. The monoisotopic (exact) mass is 430 g/mol. The van der Waals surface area contributed by atoms with E-state index in [4.69, 9.17) is 9.47 Å². The molecule has 1 unspecified atom stereocenters. The van der Waals surface area contributed by atoms with Crippen LogP contribution in [-0.2, 0) is 16.0 Å². The molecule has 6 nitrogen and oxygen atoms in total. The molecule has 1 N–H and O–H groups in total. The summed E-state index contributed by atoms with van der Waals surface area (Å²) in [4.78, 5) is 26.9. The van der Waals surface area contributed by atoms with Crippen molar-refractivity contribution in [1.82, 2.24) is 0 Å². The summed E-state index contributed by atoms with van der Waals surface area (Å²) in [5, 5.41) is 2.91. The van der Waals surface area contributed by atoms with Crippen molar-refractivity contribution in [3.63, 3.8) is 0 Å². The van der Waals surface area contributed by atoms with E-state index in [-0.39, 0.29) is 18.2 Å². The highest BCUT2D eigenvalue weighted by molar-refractivity contribution is 6.01. The first kappa shape index (κ1) is 21.4. The molecule has 0 saturated heterocycles. The van der Waals surface area contributed by atoms with Gasteiger partial charge in [-0.15, -0.1) is 0 Å². The average molecular weight is 431 g/mol. The second kappa shape index (κ2) is 9.56. The van der Waals surface area contributed by atoms with Gasteiger partial charge in [-0.25, -0.2) is 0 Å². The van der Waals surface area contributed by atoms with E-state index in [1.54, 1.807) is 30.0 Å². The molecule has 3 aromatic rings. The summed E-state index contributed by atoms with van der Waals surface area (Å²) in [6.45, 7) is 4.46. The Hall–Kier alpha value is -3.80. The zero-order valence-corrected chi connectivity index (χ0v) is 18.2. The van der Waals surface area contributed by atoms with Crippen molar-refractivity contribution >= 4 is 23.2 Å². The molecule has 0 aliphatic carbocycles.